The Morgan fingerprint density at radius 1 is 1.45 bits per heavy atom. The largest absolute Gasteiger partial charge is 0.490 e. The number of aryl methyl sites for hydroxylation is 1. The zero-order valence-corrected chi connectivity index (χ0v) is 10.00. The molecule has 0 radical (unpaired) electrons. The van der Waals surface area contributed by atoms with Crippen LogP contribution in [0.3, 0.4) is 0 Å². The first-order chi connectivity index (χ1) is 9.16. The minimum Gasteiger partial charge on any atom is -0.451 e. The SMILES string of the molecule is Cc1[nH]c(=O)c(C#N)cc1C(=O)COC(=O)C(F)(F)F. The van der Waals surface area contributed by atoms with Gasteiger partial charge in [0.25, 0.3) is 5.56 Å². The van der Waals surface area contributed by atoms with Crippen LogP contribution in [0.25, 0.3) is 0 Å². The zero-order valence-electron chi connectivity index (χ0n) is 10.00. The van der Waals surface area contributed by atoms with E-state index in [1.54, 1.807) is 0 Å². The van der Waals surface area contributed by atoms with Gasteiger partial charge in [-0.25, -0.2) is 4.79 Å². The van der Waals surface area contributed by atoms with Crippen molar-refractivity contribution in [2.45, 2.75) is 13.1 Å². The van der Waals surface area contributed by atoms with Gasteiger partial charge in [0.1, 0.15) is 11.6 Å². The highest BCUT2D eigenvalue weighted by atomic mass is 19.4. The fourth-order valence-corrected chi connectivity index (χ4v) is 1.29. The van der Waals surface area contributed by atoms with E-state index in [4.69, 9.17) is 5.26 Å². The van der Waals surface area contributed by atoms with Crippen LogP contribution in [0.2, 0.25) is 0 Å². The third-order valence-corrected chi connectivity index (χ3v) is 2.23. The lowest BCUT2D eigenvalue weighted by atomic mass is 10.1. The molecule has 1 aromatic rings. The maximum absolute atomic E-state index is 11.9. The van der Waals surface area contributed by atoms with E-state index in [0.29, 0.717) is 0 Å². The number of ketones is 1. The molecule has 0 atom stereocenters. The molecular weight excluding hydrogens is 281 g/mol. The monoisotopic (exact) mass is 288 g/mol. The van der Waals surface area contributed by atoms with Crippen molar-refractivity contribution in [3.63, 3.8) is 0 Å². The number of rotatable bonds is 3. The van der Waals surface area contributed by atoms with Crippen molar-refractivity contribution in [1.29, 1.82) is 5.26 Å². The fraction of sp³-hybridized carbons (Fsp3) is 0.273. The molecule has 0 fully saturated rings. The minimum absolute atomic E-state index is 0.0575. The third kappa shape index (κ3) is 3.44. The maximum atomic E-state index is 11.9. The van der Waals surface area contributed by atoms with Gasteiger partial charge in [0, 0.05) is 11.3 Å². The summed E-state index contributed by atoms with van der Waals surface area (Å²) in [6.45, 7) is 0.178. The van der Waals surface area contributed by atoms with Crippen LogP contribution in [-0.2, 0) is 9.53 Å². The first kappa shape index (κ1) is 15.4. The molecule has 0 amide bonds. The van der Waals surface area contributed by atoms with Crippen molar-refractivity contribution < 1.29 is 27.5 Å². The summed E-state index contributed by atoms with van der Waals surface area (Å²) in [6, 6.07) is 2.45. The van der Waals surface area contributed by atoms with Crippen molar-refractivity contribution in [2.75, 3.05) is 6.61 Å². The highest BCUT2D eigenvalue weighted by Crippen LogP contribution is 2.16. The van der Waals surface area contributed by atoms with Crippen molar-refractivity contribution in [1.82, 2.24) is 4.98 Å². The first-order valence-corrected chi connectivity index (χ1v) is 5.08. The molecule has 0 saturated heterocycles. The number of aromatic nitrogens is 1. The van der Waals surface area contributed by atoms with Crippen molar-refractivity contribution in [2.24, 2.45) is 0 Å². The summed E-state index contributed by atoms with van der Waals surface area (Å²) in [4.78, 5) is 35.5. The van der Waals surface area contributed by atoms with Crippen LogP contribution in [0.1, 0.15) is 21.6 Å². The van der Waals surface area contributed by atoms with Gasteiger partial charge in [0.05, 0.1) is 0 Å². The lowest BCUT2D eigenvalue weighted by Crippen LogP contribution is -2.28. The minimum atomic E-state index is -5.20. The second-order valence-corrected chi connectivity index (χ2v) is 3.66. The zero-order chi connectivity index (χ0) is 15.5. The fourth-order valence-electron chi connectivity index (χ4n) is 1.29. The Kier molecular flexibility index (Phi) is 4.29. The average Bonchev–Trinajstić information content (AvgIpc) is 2.34. The van der Waals surface area contributed by atoms with Crippen LogP contribution in [0.4, 0.5) is 13.2 Å². The molecule has 1 aromatic heterocycles. The number of nitrogens with zero attached hydrogens (tertiary/aromatic N) is 1. The number of aromatic amines is 1. The van der Waals surface area contributed by atoms with Crippen LogP contribution < -0.4 is 5.56 Å². The molecular formula is C11H7F3N2O4. The number of esters is 1. The smallest absolute Gasteiger partial charge is 0.451 e. The van der Waals surface area contributed by atoms with Crippen LogP contribution in [-0.4, -0.2) is 29.5 Å². The lowest BCUT2D eigenvalue weighted by Gasteiger charge is -2.08. The highest BCUT2D eigenvalue weighted by Gasteiger charge is 2.41. The Labute approximate surface area is 109 Å². The topological polar surface area (TPSA) is 100 Å². The maximum Gasteiger partial charge on any atom is 0.490 e. The molecule has 0 spiro atoms. The van der Waals surface area contributed by atoms with Crippen molar-refractivity contribution in [3.8, 4) is 6.07 Å². The van der Waals surface area contributed by atoms with Gasteiger partial charge in [-0.2, -0.15) is 18.4 Å². The van der Waals surface area contributed by atoms with Gasteiger partial charge >= 0.3 is 12.1 Å². The number of H-pyrrole nitrogens is 1. The molecule has 0 aliphatic carbocycles. The number of hydrogen-bond acceptors (Lipinski definition) is 5. The van der Waals surface area contributed by atoms with Crippen LogP contribution >= 0.6 is 0 Å². The molecule has 0 saturated carbocycles. The molecule has 1 heterocycles. The Morgan fingerprint density at radius 3 is 2.55 bits per heavy atom. The summed E-state index contributed by atoms with van der Waals surface area (Å²) in [7, 11) is 0. The second-order valence-electron chi connectivity index (χ2n) is 3.66. The number of hydrogen-bond donors (Lipinski definition) is 1. The summed E-state index contributed by atoms with van der Waals surface area (Å²) in [5.74, 6) is -3.46. The quantitative estimate of drug-likeness (QED) is 0.656. The van der Waals surface area contributed by atoms with Crippen molar-refractivity contribution in [3.05, 3.63) is 33.2 Å². The molecule has 0 bridgehead atoms. The summed E-state index contributed by atoms with van der Waals surface area (Å²) < 4.78 is 39.4. The van der Waals surface area contributed by atoms with E-state index >= 15 is 0 Å². The predicted molar refractivity (Wildman–Crippen MR) is 57.9 cm³/mol. The number of nitriles is 1. The van der Waals surface area contributed by atoms with E-state index in [2.05, 4.69) is 9.72 Å². The van der Waals surface area contributed by atoms with Gasteiger partial charge < -0.3 is 9.72 Å². The van der Waals surface area contributed by atoms with E-state index < -0.39 is 30.1 Å². The van der Waals surface area contributed by atoms with Crippen LogP contribution in [0, 0.1) is 18.3 Å². The van der Waals surface area contributed by atoms with Gasteiger partial charge in [-0.15, -0.1) is 0 Å². The molecule has 0 unspecified atom stereocenters. The van der Waals surface area contributed by atoms with Gasteiger partial charge in [-0.3, -0.25) is 9.59 Å². The predicted octanol–water partition coefficient (Wildman–Crippen LogP) is 0.843. The number of alkyl halides is 3. The van der Waals surface area contributed by atoms with E-state index in [-0.39, 0.29) is 16.8 Å². The van der Waals surface area contributed by atoms with Crippen LogP contribution in [0.5, 0.6) is 0 Å². The molecule has 106 valence electrons. The molecule has 0 aromatic carbocycles. The number of pyridine rings is 1. The van der Waals surface area contributed by atoms with Gasteiger partial charge in [-0.1, -0.05) is 0 Å². The van der Waals surface area contributed by atoms with E-state index in [9.17, 15) is 27.6 Å². The van der Waals surface area contributed by atoms with Gasteiger partial charge in [-0.05, 0) is 13.0 Å². The van der Waals surface area contributed by atoms with Gasteiger partial charge in [0.15, 0.2) is 6.61 Å². The Bertz CT molecular complexity index is 655. The molecule has 1 rings (SSSR count). The number of ether oxygens (including phenoxy) is 1. The number of nitrogens with one attached hydrogen (secondary N) is 1. The molecule has 20 heavy (non-hydrogen) atoms. The Morgan fingerprint density at radius 2 is 2.05 bits per heavy atom. The summed E-state index contributed by atoms with van der Waals surface area (Å²) in [6.07, 6.45) is -5.20. The first-order valence-electron chi connectivity index (χ1n) is 5.08. The third-order valence-electron chi connectivity index (χ3n) is 2.23. The average molecular weight is 288 g/mol. The number of carbonyl (C=O) groups is 2. The van der Waals surface area contributed by atoms with E-state index in [1.807, 2.05) is 0 Å². The Hall–Kier alpha value is -2.63. The number of carbonyl (C=O) groups excluding carboxylic acids is 2. The molecule has 0 aliphatic heterocycles. The molecule has 9 heteroatoms. The van der Waals surface area contributed by atoms with Crippen molar-refractivity contribution >= 4 is 11.8 Å². The highest BCUT2D eigenvalue weighted by molar-refractivity contribution is 5.99. The standard InChI is InChI=1S/C11H7F3N2O4/c1-5-7(2-6(3-15)9(18)16-5)8(17)4-20-10(19)11(12,13)14/h2H,4H2,1H3,(H,16,18). The summed E-state index contributed by atoms with van der Waals surface area (Å²) in [5, 5.41) is 8.62. The van der Waals surface area contributed by atoms with E-state index in [1.165, 1.54) is 13.0 Å². The van der Waals surface area contributed by atoms with E-state index in [0.717, 1.165) is 6.07 Å². The normalized spacial score (nSPS) is 10.8. The van der Waals surface area contributed by atoms with Gasteiger partial charge in [0.2, 0.25) is 5.78 Å². The van der Waals surface area contributed by atoms with Crippen LogP contribution in [0.15, 0.2) is 10.9 Å². The lowest BCUT2D eigenvalue weighted by molar-refractivity contribution is -0.198. The summed E-state index contributed by atoms with van der Waals surface area (Å²) in [5.41, 5.74) is -1.24. The Balaban J connectivity index is 2.92. The number of Topliss-reactive ketones (excluding diaryl/α,β-unsaturated/α-hetero) is 1. The number of halogens is 3. The molecule has 6 nitrogen and oxygen atoms in total. The molecule has 1 N–H and O–H groups in total. The summed E-state index contributed by atoms with van der Waals surface area (Å²) >= 11 is 0. The molecule has 0 aliphatic rings. The second kappa shape index (κ2) is 5.56.